The number of anilines is 1. The van der Waals surface area contributed by atoms with Gasteiger partial charge in [0.15, 0.2) is 0 Å². The Hall–Kier alpha value is -2.20. The first kappa shape index (κ1) is 18.1. The predicted molar refractivity (Wildman–Crippen MR) is 97.7 cm³/mol. The van der Waals surface area contributed by atoms with Gasteiger partial charge in [-0.15, -0.1) is 0 Å². The summed E-state index contributed by atoms with van der Waals surface area (Å²) in [5.74, 6) is -0.124. The Morgan fingerprint density at radius 1 is 1.17 bits per heavy atom. The lowest BCUT2D eigenvalue weighted by Gasteiger charge is -2.13. The number of halogens is 1. The van der Waals surface area contributed by atoms with Crippen molar-refractivity contribution >= 4 is 23.3 Å². The number of carboxylic acids is 1. The number of benzene rings is 2. The molecular weight excluding hydrogens is 326 g/mol. The number of carbonyl (C=O) groups is 1. The lowest BCUT2D eigenvalue weighted by molar-refractivity contribution is 0.0698. The normalized spacial score (nSPS) is 10.5. The van der Waals surface area contributed by atoms with Gasteiger partial charge in [-0.25, -0.2) is 4.79 Å². The molecule has 0 aromatic heterocycles. The smallest absolute Gasteiger partial charge is 0.337 e. The van der Waals surface area contributed by atoms with Crippen LogP contribution in [-0.4, -0.2) is 24.2 Å². The molecule has 4 nitrogen and oxygen atoms in total. The Labute approximate surface area is 147 Å². The lowest BCUT2D eigenvalue weighted by atomic mass is 10.1. The molecule has 0 aliphatic heterocycles. The highest BCUT2D eigenvalue weighted by Crippen LogP contribution is 2.26. The van der Waals surface area contributed by atoms with Crippen LogP contribution in [0.4, 0.5) is 5.69 Å². The number of aromatic carboxylic acids is 1. The van der Waals surface area contributed by atoms with E-state index >= 15 is 0 Å². The SMILES string of the molecule is Cc1cc(OCCCNc2c(C)cccc2C(=O)O)cc(C)c1Cl. The van der Waals surface area contributed by atoms with E-state index in [0.29, 0.717) is 24.4 Å². The molecule has 0 fully saturated rings. The molecule has 2 N–H and O–H groups in total. The van der Waals surface area contributed by atoms with Crippen molar-refractivity contribution in [3.05, 3.63) is 57.6 Å². The molecule has 0 heterocycles. The van der Waals surface area contributed by atoms with Crippen LogP contribution >= 0.6 is 11.6 Å². The van der Waals surface area contributed by atoms with Crippen molar-refractivity contribution in [3.63, 3.8) is 0 Å². The Balaban J connectivity index is 1.87. The summed E-state index contributed by atoms with van der Waals surface area (Å²) in [6, 6.07) is 9.09. The summed E-state index contributed by atoms with van der Waals surface area (Å²) in [4.78, 5) is 11.3. The standard InChI is InChI=1S/C19H22ClNO3/c1-12-6-4-7-16(19(22)23)18(12)21-8-5-9-24-15-10-13(2)17(20)14(3)11-15/h4,6-7,10-11,21H,5,8-9H2,1-3H3,(H,22,23). The zero-order chi connectivity index (χ0) is 17.7. The van der Waals surface area contributed by atoms with E-state index in [0.717, 1.165) is 33.9 Å². The summed E-state index contributed by atoms with van der Waals surface area (Å²) in [6.07, 6.45) is 0.758. The van der Waals surface area contributed by atoms with Gasteiger partial charge in [0, 0.05) is 11.6 Å². The summed E-state index contributed by atoms with van der Waals surface area (Å²) in [6.45, 7) is 6.98. The number of nitrogens with one attached hydrogen (secondary N) is 1. The number of para-hydroxylation sites is 1. The van der Waals surface area contributed by atoms with Gasteiger partial charge in [0.05, 0.1) is 17.9 Å². The van der Waals surface area contributed by atoms with Crippen LogP contribution in [0.2, 0.25) is 5.02 Å². The molecule has 2 aromatic rings. The third-order valence-corrected chi connectivity index (χ3v) is 4.40. The molecule has 0 bridgehead atoms. The molecule has 0 spiro atoms. The van der Waals surface area contributed by atoms with Crippen molar-refractivity contribution in [1.82, 2.24) is 0 Å². The zero-order valence-corrected chi connectivity index (χ0v) is 14.9. The third-order valence-electron chi connectivity index (χ3n) is 3.80. The molecule has 0 amide bonds. The Morgan fingerprint density at radius 3 is 2.46 bits per heavy atom. The van der Waals surface area contributed by atoms with Crippen molar-refractivity contribution in [1.29, 1.82) is 0 Å². The van der Waals surface area contributed by atoms with Gasteiger partial charge in [0.1, 0.15) is 5.75 Å². The molecule has 128 valence electrons. The second kappa shape index (κ2) is 8.06. The fourth-order valence-electron chi connectivity index (χ4n) is 2.55. The van der Waals surface area contributed by atoms with Crippen molar-refractivity contribution < 1.29 is 14.6 Å². The van der Waals surface area contributed by atoms with E-state index in [2.05, 4.69) is 5.32 Å². The Kier molecular flexibility index (Phi) is 6.10. The Morgan fingerprint density at radius 2 is 1.83 bits per heavy atom. The Bertz CT molecular complexity index is 720. The summed E-state index contributed by atoms with van der Waals surface area (Å²) < 4.78 is 5.75. The van der Waals surface area contributed by atoms with E-state index in [9.17, 15) is 9.90 Å². The molecule has 0 saturated carbocycles. The second-order valence-electron chi connectivity index (χ2n) is 5.80. The van der Waals surface area contributed by atoms with Gasteiger partial charge in [0.25, 0.3) is 0 Å². The first-order valence-electron chi connectivity index (χ1n) is 7.86. The molecule has 5 heteroatoms. The van der Waals surface area contributed by atoms with Gasteiger partial charge in [-0.05, 0) is 62.1 Å². The molecule has 0 aliphatic carbocycles. The van der Waals surface area contributed by atoms with Crippen LogP contribution < -0.4 is 10.1 Å². The van der Waals surface area contributed by atoms with E-state index in [-0.39, 0.29) is 0 Å². The average Bonchev–Trinajstić information content (AvgIpc) is 2.53. The number of ether oxygens (including phenoxy) is 1. The lowest BCUT2D eigenvalue weighted by Crippen LogP contribution is -2.11. The first-order chi connectivity index (χ1) is 11.4. The molecule has 0 unspecified atom stereocenters. The topological polar surface area (TPSA) is 58.6 Å². The second-order valence-corrected chi connectivity index (χ2v) is 6.18. The molecule has 0 radical (unpaired) electrons. The van der Waals surface area contributed by atoms with Crippen molar-refractivity contribution in [2.24, 2.45) is 0 Å². The van der Waals surface area contributed by atoms with E-state index in [4.69, 9.17) is 16.3 Å². The quantitative estimate of drug-likeness (QED) is 0.703. The predicted octanol–water partition coefficient (Wildman–Crippen LogP) is 4.84. The minimum atomic E-state index is -0.926. The molecule has 2 rings (SSSR count). The van der Waals surface area contributed by atoms with Crippen LogP contribution in [-0.2, 0) is 0 Å². The van der Waals surface area contributed by atoms with Crippen molar-refractivity contribution in [2.75, 3.05) is 18.5 Å². The van der Waals surface area contributed by atoms with Crippen molar-refractivity contribution in [3.8, 4) is 5.75 Å². The highest BCUT2D eigenvalue weighted by molar-refractivity contribution is 6.32. The molecule has 2 aromatic carbocycles. The van der Waals surface area contributed by atoms with Crippen LogP contribution in [0.25, 0.3) is 0 Å². The maximum Gasteiger partial charge on any atom is 0.337 e. The minimum Gasteiger partial charge on any atom is -0.494 e. The molecule has 0 saturated heterocycles. The largest absolute Gasteiger partial charge is 0.494 e. The van der Waals surface area contributed by atoms with Crippen molar-refractivity contribution in [2.45, 2.75) is 27.2 Å². The first-order valence-corrected chi connectivity index (χ1v) is 8.24. The van der Waals surface area contributed by atoms with E-state index in [1.807, 2.05) is 39.0 Å². The van der Waals surface area contributed by atoms with Gasteiger partial charge in [-0.3, -0.25) is 0 Å². The fraction of sp³-hybridized carbons (Fsp3) is 0.316. The van der Waals surface area contributed by atoms with Gasteiger partial charge < -0.3 is 15.2 Å². The molecule has 0 atom stereocenters. The summed E-state index contributed by atoms with van der Waals surface area (Å²) in [7, 11) is 0. The molecule has 0 aliphatic rings. The number of hydrogen-bond acceptors (Lipinski definition) is 3. The minimum absolute atomic E-state index is 0.292. The monoisotopic (exact) mass is 347 g/mol. The van der Waals surface area contributed by atoms with Crippen LogP contribution in [0, 0.1) is 20.8 Å². The number of carboxylic acid groups (broad SMARTS) is 1. The number of rotatable bonds is 7. The highest BCUT2D eigenvalue weighted by Gasteiger charge is 2.11. The molecular formula is C19H22ClNO3. The average molecular weight is 348 g/mol. The van der Waals surface area contributed by atoms with Crippen LogP contribution in [0.15, 0.2) is 30.3 Å². The van der Waals surface area contributed by atoms with E-state index < -0.39 is 5.97 Å². The summed E-state index contributed by atoms with van der Waals surface area (Å²) >= 11 is 6.14. The van der Waals surface area contributed by atoms with Gasteiger partial charge in [-0.1, -0.05) is 23.7 Å². The van der Waals surface area contributed by atoms with Gasteiger partial charge in [0.2, 0.25) is 0 Å². The zero-order valence-electron chi connectivity index (χ0n) is 14.1. The summed E-state index contributed by atoms with van der Waals surface area (Å²) in [5.41, 5.74) is 3.87. The third kappa shape index (κ3) is 4.42. The maximum atomic E-state index is 11.3. The van der Waals surface area contributed by atoms with E-state index in [1.165, 1.54) is 0 Å². The molecule has 24 heavy (non-hydrogen) atoms. The number of aryl methyl sites for hydroxylation is 3. The van der Waals surface area contributed by atoms with Crippen LogP contribution in [0.3, 0.4) is 0 Å². The van der Waals surface area contributed by atoms with Gasteiger partial charge >= 0.3 is 5.97 Å². The van der Waals surface area contributed by atoms with Gasteiger partial charge in [-0.2, -0.15) is 0 Å². The van der Waals surface area contributed by atoms with Crippen LogP contribution in [0.1, 0.15) is 33.5 Å². The fourth-order valence-corrected chi connectivity index (χ4v) is 2.65. The van der Waals surface area contributed by atoms with Crippen LogP contribution in [0.5, 0.6) is 5.75 Å². The highest BCUT2D eigenvalue weighted by atomic mass is 35.5. The number of hydrogen-bond donors (Lipinski definition) is 2. The summed E-state index contributed by atoms with van der Waals surface area (Å²) in [5, 5.41) is 13.2. The van der Waals surface area contributed by atoms with E-state index in [1.54, 1.807) is 12.1 Å². The maximum absolute atomic E-state index is 11.3.